The number of fused-ring (bicyclic) bond motifs is 1. The highest BCUT2D eigenvalue weighted by Crippen LogP contribution is 2.30. The fraction of sp³-hybridized carbons (Fsp3) is 0.238. The molecule has 31 heavy (non-hydrogen) atoms. The molecular formula is C21H22N6O3S. The minimum Gasteiger partial charge on any atom is -0.493 e. The van der Waals surface area contributed by atoms with E-state index in [1.807, 2.05) is 11.4 Å². The molecule has 0 aliphatic heterocycles. The topological polar surface area (TPSA) is 103 Å². The number of methoxy groups -OCH3 is 2. The van der Waals surface area contributed by atoms with Gasteiger partial charge < -0.3 is 20.1 Å². The van der Waals surface area contributed by atoms with Crippen LogP contribution in [-0.2, 0) is 13.1 Å². The summed E-state index contributed by atoms with van der Waals surface area (Å²) in [5.74, 6) is 1.39. The van der Waals surface area contributed by atoms with Crippen molar-refractivity contribution in [1.29, 1.82) is 0 Å². The van der Waals surface area contributed by atoms with E-state index in [1.165, 1.54) is 25.4 Å². The molecule has 0 atom stereocenters. The molecule has 1 amide bonds. The Hall–Kier alpha value is -3.66. The summed E-state index contributed by atoms with van der Waals surface area (Å²) in [7, 11) is 3.04. The molecular weight excluding hydrogens is 416 g/mol. The maximum Gasteiger partial charge on any atom is 0.255 e. The van der Waals surface area contributed by atoms with E-state index in [0.717, 1.165) is 11.2 Å². The third kappa shape index (κ3) is 4.43. The Balaban J connectivity index is 1.42. The average molecular weight is 439 g/mol. The number of para-hydroxylation sites is 1. The van der Waals surface area contributed by atoms with Crippen LogP contribution >= 0.6 is 11.3 Å². The van der Waals surface area contributed by atoms with Crippen LogP contribution in [0.25, 0.3) is 11.0 Å². The van der Waals surface area contributed by atoms with Crippen LogP contribution in [0, 0.1) is 0 Å². The lowest BCUT2D eigenvalue weighted by Crippen LogP contribution is -2.28. The highest BCUT2D eigenvalue weighted by Gasteiger charge is 2.16. The molecule has 2 N–H and O–H groups in total. The fourth-order valence-electron chi connectivity index (χ4n) is 3.22. The van der Waals surface area contributed by atoms with Crippen molar-refractivity contribution in [2.45, 2.75) is 13.1 Å². The van der Waals surface area contributed by atoms with Crippen molar-refractivity contribution in [1.82, 2.24) is 25.1 Å². The first-order chi connectivity index (χ1) is 15.2. The number of thiophene rings is 1. The Morgan fingerprint density at radius 1 is 1.16 bits per heavy atom. The van der Waals surface area contributed by atoms with Crippen LogP contribution in [0.5, 0.6) is 11.5 Å². The standard InChI is InChI=1S/C21H22N6O3S/c1-29-17-7-3-6-15(18(17)30-2)21(28)22-8-9-27-20-16(12-26-27)19(24-13-25-20)23-11-14-5-4-10-31-14/h3-7,10,12-13H,8-9,11H2,1-2H3,(H,22,28)(H,23,24,25). The largest absolute Gasteiger partial charge is 0.493 e. The molecule has 0 spiro atoms. The van der Waals surface area contributed by atoms with E-state index in [-0.39, 0.29) is 5.91 Å². The van der Waals surface area contributed by atoms with Crippen LogP contribution in [0.4, 0.5) is 5.82 Å². The smallest absolute Gasteiger partial charge is 0.255 e. The summed E-state index contributed by atoms with van der Waals surface area (Å²) in [6.07, 6.45) is 3.25. The quantitative estimate of drug-likeness (QED) is 0.414. The highest BCUT2D eigenvalue weighted by atomic mass is 32.1. The van der Waals surface area contributed by atoms with Gasteiger partial charge in [-0.1, -0.05) is 12.1 Å². The van der Waals surface area contributed by atoms with E-state index < -0.39 is 0 Å². The van der Waals surface area contributed by atoms with Crippen LogP contribution in [-0.4, -0.2) is 46.4 Å². The molecule has 0 saturated carbocycles. The predicted molar refractivity (Wildman–Crippen MR) is 119 cm³/mol. The summed E-state index contributed by atoms with van der Waals surface area (Å²) < 4.78 is 12.3. The summed E-state index contributed by atoms with van der Waals surface area (Å²) in [6, 6.07) is 9.27. The molecule has 10 heteroatoms. The molecule has 0 bridgehead atoms. The summed E-state index contributed by atoms with van der Waals surface area (Å²) >= 11 is 1.69. The van der Waals surface area contributed by atoms with Crippen LogP contribution in [0.3, 0.4) is 0 Å². The zero-order valence-electron chi connectivity index (χ0n) is 17.2. The number of rotatable bonds is 9. The molecule has 0 unspecified atom stereocenters. The molecule has 160 valence electrons. The number of hydrogen-bond donors (Lipinski definition) is 2. The van der Waals surface area contributed by atoms with E-state index in [4.69, 9.17) is 9.47 Å². The summed E-state index contributed by atoms with van der Waals surface area (Å²) in [4.78, 5) is 22.5. The normalized spacial score (nSPS) is 10.8. The van der Waals surface area contributed by atoms with Gasteiger partial charge in [-0.25, -0.2) is 14.6 Å². The van der Waals surface area contributed by atoms with Crippen LogP contribution in [0.15, 0.2) is 48.2 Å². The number of nitrogens with zero attached hydrogens (tertiary/aromatic N) is 4. The van der Waals surface area contributed by atoms with E-state index in [2.05, 4.69) is 31.8 Å². The lowest BCUT2D eigenvalue weighted by atomic mass is 10.1. The van der Waals surface area contributed by atoms with Crippen molar-refractivity contribution in [3.63, 3.8) is 0 Å². The first-order valence-electron chi connectivity index (χ1n) is 9.63. The lowest BCUT2D eigenvalue weighted by molar-refractivity contribution is 0.0948. The van der Waals surface area contributed by atoms with Gasteiger partial charge in [0.1, 0.15) is 12.1 Å². The number of anilines is 1. The molecule has 3 aromatic heterocycles. The van der Waals surface area contributed by atoms with Crippen molar-refractivity contribution in [2.75, 3.05) is 26.1 Å². The van der Waals surface area contributed by atoms with Crippen molar-refractivity contribution >= 4 is 34.1 Å². The molecule has 9 nitrogen and oxygen atoms in total. The second-order valence-electron chi connectivity index (χ2n) is 6.56. The predicted octanol–water partition coefficient (Wildman–Crippen LogP) is 2.95. The van der Waals surface area contributed by atoms with Gasteiger partial charge in [-0.2, -0.15) is 5.10 Å². The zero-order chi connectivity index (χ0) is 21.6. The van der Waals surface area contributed by atoms with Gasteiger partial charge in [0.25, 0.3) is 5.91 Å². The number of ether oxygens (including phenoxy) is 2. The Labute approximate surface area is 183 Å². The van der Waals surface area contributed by atoms with Gasteiger partial charge in [-0.05, 0) is 23.6 Å². The second-order valence-corrected chi connectivity index (χ2v) is 7.59. The molecule has 4 rings (SSSR count). The van der Waals surface area contributed by atoms with Gasteiger partial charge in [0.15, 0.2) is 17.1 Å². The van der Waals surface area contributed by atoms with Crippen molar-refractivity contribution in [2.24, 2.45) is 0 Å². The van der Waals surface area contributed by atoms with Gasteiger partial charge in [0.2, 0.25) is 0 Å². The van der Waals surface area contributed by atoms with Gasteiger partial charge >= 0.3 is 0 Å². The van der Waals surface area contributed by atoms with E-state index in [0.29, 0.717) is 42.3 Å². The molecule has 4 aromatic rings. The Morgan fingerprint density at radius 3 is 2.84 bits per heavy atom. The number of amides is 1. The number of nitrogens with one attached hydrogen (secondary N) is 2. The molecule has 0 fully saturated rings. The first kappa shape index (κ1) is 20.6. The SMILES string of the molecule is COc1cccc(C(=O)NCCn2ncc3c(NCc4cccs4)ncnc32)c1OC. The zero-order valence-corrected chi connectivity index (χ0v) is 18.0. The van der Waals surface area contributed by atoms with Crippen molar-refractivity contribution in [3.05, 3.63) is 58.7 Å². The minimum absolute atomic E-state index is 0.250. The number of carbonyl (C=O) groups is 1. The molecule has 3 heterocycles. The van der Waals surface area contributed by atoms with E-state index in [1.54, 1.807) is 40.4 Å². The minimum atomic E-state index is -0.250. The summed E-state index contributed by atoms with van der Waals surface area (Å²) in [5, 5.41) is 13.5. The Kier molecular flexibility index (Phi) is 6.27. The van der Waals surface area contributed by atoms with Crippen molar-refractivity contribution in [3.8, 4) is 11.5 Å². The molecule has 1 aromatic carbocycles. The van der Waals surface area contributed by atoms with E-state index in [9.17, 15) is 4.79 Å². The van der Waals surface area contributed by atoms with Gasteiger partial charge in [0.05, 0.1) is 44.5 Å². The van der Waals surface area contributed by atoms with Gasteiger partial charge in [-0.3, -0.25) is 4.79 Å². The summed E-state index contributed by atoms with van der Waals surface area (Å²) in [6.45, 7) is 1.52. The molecule has 0 saturated heterocycles. The van der Waals surface area contributed by atoms with Crippen LogP contribution in [0.2, 0.25) is 0 Å². The van der Waals surface area contributed by atoms with Crippen LogP contribution in [0.1, 0.15) is 15.2 Å². The first-order valence-corrected chi connectivity index (χ1v) is 10.5. The maximum atomic E-state index is 12.6. The molecule has 0 aliphatic carbocycles. The van der Waals surface area contributed by atoms with Crippen LogP contribution < -0.4 is 20.1 Å². The second kappa shape index (κ2) is 9.43. The third-order valence-corrected chi connectivity index (χ3v) is 5.58. The van der Waals surface area contributed by atoms with E-state index >= 15 is 0 Å². The van der Waals surface area contributed by atoms with Gasteiger partial charge in [-0.15, -0.1) is 11.3 Å². The molecule has 0 aliphatic rings. The summed E-state index contributed by atoms with van der Waals surface area (Å²) in [5.41, 5.74) is 1.12. The Morgan fingerprint density at radius 2 is 2.06 bits per heavy atom. The van der Waals surface area contributed by atoms with Crippen molar-refractivity contribution < 1.29 is 14.3 Å². The maximum absolute atomic E-state index is 12.6. The number of hydrogen-bond acceptors (Lipinski definition) is 8. The molecule has 0 radical (unpaired) electrons. The number of carbonyl (C=O) groups excluding carboxylic acids is 1. The number of aromatic nitrogens is 4. The fourth-order valence-corrected chi connectivity index (χ4v) is 3.86. The number of benzene rings is 1. The lowest BCUT2D eigenvalue weighted by Gasteiger charge is -2.12. The average Bonchev–Trinajstić information content (AvgIpc) is 3.47. The highest BCUT2D eigenvalue weighted by molar-refractivity contribution is 7.09. The third-order valence-electron chi connectivity index (χ3n) is 4.70. The Bertz CT molecular complexity index is 1180. The van der Waals surface area contributed by atoms with Gasteiger partial charge in [0, 0.05) is 11.4 Å². The monoisotopic (exact) mass is 438 g/mol.